The second kappa shape index (κ2) is 11.3. The SMILES string of the molecule is CCCCC1=[C]([Zr][C]2=C(CCCC)C=CC2)CC=C1.F.F. The molecule has 0 radical (unpaired) electrons. The number of rotatable bonds is 8. The molecule has 21 heavy (non-hydrogen) atoms. The molecule has 0 unspecified atom stereocenters. The maximum Gasteiger partial charge on any atom is -0.269 e. The first-order valence-electron chi connectivity index (χ1n) is 7.89. The Balaban J connectivity index is 0.00000200. The minimum atomic E-state index is -0.463. The summed E-state index contributed by atoms with van der Waals surface area (Å²) in [5, 5.41) is 0. The van der Waals surface area contributed by atoms with E-state index in [-0.39, 0.29) is 9.41 Å². The van der Waals surface area contributed by atoms with E-state index >= 15 is 0 Å². The van der Waals surface area contributed by atoms with Crippen molar-refractivity contribution in [2.24, 2.45) is 0 Å². The Kier molecular flexibility index (Phi) is 11.1. The number of halogens is 2. The van der Waals surface area contributed by atoms with Gasteiger partial charge in [0.2, 0.25) is 0 Å². The van der Waals surface area contributed by atoms with Crippen LogP contribution in [0.2, 0.25) is 0 Å². The van der Waals surface area contributed by atoms with Crippen molar-refractivity contribution in [1.29, 1.82) is 0 Å². The molecule has 0 amide bonds. The van der Waals surface area contributed by atoms with Gasteiger partial charge in [-0.05, 0) is 0 Å². The van der Waals surface area contributed by atoms with Crippen LogP contribution in [0.25, 0.3) is 0 Å². The van der Waals surface area contributed by atoms with Crippen molar-refractivity contribution in [1.82, 2.24) is 0 Å². The van der Waals surface area contributed by atoms with Gasteiger partial charge in [0, 0.05) is 0 Å². The Labute approximate surface area is 139 Å². The van der Waals surface area contributed by atoms with E-state index in [2.05, 4.69) is 38.2 Å². The van der Waals surface area contributed by atoms with Crippen LogP contribution in [-0.4, -0.2) is 0 Å². The zero-order valence-electron chi connectivity index (χ0n) is 13.3. The van der Waals surface area contributed by atoms with Crippen molar-refractivity contribution in [2.75, 3.05) is 0 Å². The van der Waals surface area contributed by atoms with Gasteiger partial charge >= 0.3 is 130 Å². The molecule has 0 heterocycles. The van der Waals surface area contributed by atoms with Crippen molar-refractivity contribution in [3.05, 3.63) is 42.0 Å². The normalized spacial score (nSPS) is 16.3. The van der Waals surface area contributed by atoms with Crippen molar-refractivity contribution in [2.45, 2.75) is 65.2 Å². The molecule has 0 atom stereocenters. The summed E-state index contributed by atoms with van der Waals surface area (Å²) in [7, 11) is 0. The Morgan fingerprint density at radius 3 is 1.62 bits per heavy atom. The summed E-state index contributed by atoms with van der Waals surface area (Å²) >= 11 is -0.463. The molecule has 0 aliphatic heterocycles. The third kappa shape index (κ3) is 6.14. The summed E-state index contributed by atoms with van der Waals surface area (Å²) < 4.78 is 3.73. The first-order valence-corrected chi connectivity index (χ1v) is 10.3. The number of unbranched alkanes of at least 4 members (excludes halogenated alkanes) is 2. The van der Waals surface area contributed by atoms with Gasteiger partial charge in [0.15, 0.2) is 0 Å². The minimum absolute atomic E-state index is 0. The van der Waals surface area contributed by atoms with E-state index in [9.17, 15) is 0 Å². The van der Waals surface area contributed by atoms with Crippen LogP contribution in [0.5, 0.6) is 0 Å². The van der Waals surface area contributed by atoms with Gasteiger partial charge in [0.25, 0.3) is 0 Å². The third-order valence-corrected chi connectivity index (χ3v) is 8.02. The molecule has 0 spiro atoms. The van der Waals surface area contributed by atoms with Crippen LogP contribution in [0, 0.1) is 0 Å². The van der Waals surface area contributed by atoms with Gasteiger partial charge < -0.3 is 0 Å². The van der Waals surface area contributed by atoms with E-state index in [1.807, 2.05) is 6.56 Å². The van der Waals surface area contributed by atoms with Crippen LogP contribution < -0.4 is 0 Å². The first-order chi connectivity index (χ1) is 9.35. The van der Waals surface area contributed by atoms with Crippen LogP contribution >= 0.6 is 0 Å². The molecule has 0 N–H and O–H groups in total. The van der Waals surface area contributed by atoms with Crippen LogP contribution in [0.1, 0.15) is 65.2 Å². The van der Waals surface area contributed by atoms with Crippen LogP contribution in [0.15, 0.2) is 42.0 Å². The Morgan fingerprint density at radius 1 is 0.810 bits per heavy atom. The van der Waals surface area contributed by atoms with E-state index in [1.54, 1.807) is 11.1 Å². The summed E-state index contributed by atoms with van der Waals surface area (Å²) in [5.41, 5.74) is 3.42. The smallest absolute Gasteiger partial charge is 0.269 e. The molecular weight excluding hydrogens is 345 g/mol. The molecule has 0 aromatic heterocycles. The molecule has 0 saturated heterocycles. The van der Waals surface area contributed by atoms with Crippen molar-refractivity contribution in [3.8, 4) is 0 Å². The fraction of sp³-hybridized carbons (Fsp3) is 0.556. The van der Waals surface area contributed by atoms with E-state index in [4.69, 9.17) is 0 Å². The molecule has 3 heteroatoms. The van der Waals surface area contributed by atoms with Crippen molar-refractivity contribution >= 4 is 0 Å². The van der Waals surface area contributed by atoms with Gasteiger partial charge in [-0.3, -0.25) is 9.41 Å². The summed E-state index contributed by atoms with van der Waals surface area (Å²) in [6.45, 7) is 4.59. The first kappa shape index (κ1) is 20.7. The molecule has 0 saturated carbocycles. The molecule has 2 aliphatic carbocycles. The second-order valence-corrected chi connectivity index (χ2v) is 9.13. The summed E-state index contributed by atoms with van der Waals surface area (Å²) in [4.78, 5) is 0. The monoisotopic (exact) mass is 372 g/mol. The number of hydrogen-bond donors (Lipinski definition) is 0. The van der Waals surface area contributed by atoms with Gasteiger partial charge in [-0.2, -0.15) is 0 Å². The molecule has 0 fully saturated rings. The Morgan fingerprint density at radius 2 is 1.24 bits per heavy atom. The molecular formula is C18H28F2Zr. The van der Waals surface area contributed by atoms with Gasteiger partial charge in [-0.1, -0.05) is 0 Å². The number of allylic oxidation sites excluding steroid dienone is 8. The van der Waals surface area contributed by atoms with E-state index in [1.165, 1.54) is 51.4 Å². The minimum Gasteiger partial charge on any atom is -0.269 e. The third-order valence-electron chi connectivity index (χ3n) is 3.96. The zero-order chi connectivity index (χ0) is 13.5. The zero-order valence-corrected chi connectivity index (χ0v) is 15.7. The maximum absolute atomic E-state index is 2.42. The molecule has 118 valence electrons. The van der Waals surface area contributed by atoms with Gasteiger partial charge in [0.1, 0.15) is 0 Å². The van der Waals surface area contributed by atoms with Crippen LogP contribution in [0.3, 0.4) is 0 Å². The molecule has 2 aliphatic rings. The second-order valence-electron chi connectivity index (χ2n) is 5.55. The van der Waals surface area contributed by atoms with E-state index in [0.29, 0.717) is 0 Å². The van der Waals surface area contributed by atoms with Crippen LogP contribution in [-0.2, 0) is 23.2 Å². The van der Waals surface area contributed by atoms with Crippen molar-refractivity contribution < 1.29 is 32.6 Å². The van der Waals surface area contributed by atoms with Crippen LogP contribution in [0.4, 0.5) is 9.41 Å². The quantitative estimate of drug-likeness (QED) is 0.476. The fourth-order valence-corrected chi connectivity index (χ4v) is 6.54. The maximum atomic E-state index is 2.42. The molecule has 2 rings (SSSR count). The predicted octanol–water partition coefficient (Wildman–Crippen LogP) is 6.18. The standard InChI is InChI=1S/2C9H13.2FH.Zr/c2*1-2-3-6-9-7-4-5-8-9;;;/h2*4,7H,2-3,5-6H2,1H3;2*1H;. The molecule has 0 aromatic carbocycles. The van der Waals surface area contributed by atoms with Gasteiger partial charge in [-0.15, -0.1) is 0 Å². The Hall–Kier alpha value is -0.297. The molecule has 0 aromatic rings. The average Bonchev–Trinajstić information content (AvgIpc) is 3.04. The Bertz CT molecular complexity index is 390. The van der Waals surface area contributed by atoms with Crippen molar-refractivity contribution in [3.63, 3.8) is 0 Å². The summed E-state index contributed by atoms with van der Waals surface area (Å²) in [6.07, 6.45) is 20.2. The van der Waals surface area contributed by atoms with E-state index in [0.717, 1.165) is 0 Å². The average molecular weight is 374 g/mol. The fourth-order valence-electron chi connectivity index (χ4n) is 2.75. The number of hydrogen-bond acceptors (Lipinski definition) is 0. The summed E-state index contributed by atoms with van der Waals surface area (Å²) in [6, 6.07) is 0. The molecule has 0 bridgehead atoms. The van der Waals surface area contributed by atoms with E-state index < -0.39 is 23.2 Å². The largest absolute Gasteiger partial charge is 0.269 e. The topological polar surface area (TPSA) is 0 Å². The molecule has 0 nitrogen and oxygen atoms in total. The predicted molar refractivity (Wildman–Crippen MR) is 85.6 cm³/mol. The van der Waals surface area contributed by atoms with Gasteiger partial charge in [-0.25, -0.2) is 0 Å². The summed E-state index contributed by atoms with van der Waals surface area (Å²) in [5.74, 6) is 0. The van der Waals surface area contributed by atoms with Gasteiger partial charge in [0.05, 0.1) is 0 Å².